The number of halogens is 1. The number of hydrogen-bond acceptors (Lipinski definition) is 2. The average molecular weight is 182 g/mol. The minimum Gasteiger partial charge on any atom is -0.376 e. The van der Waals surface area contributed by atoms with E-state index in [1.807, 2.05) is 0 Å². The van der Waals surface area contributed by atoms with E-state index in [2.05, 4.69) is 20.8 Å². The Hall–Kier alpha value is 0.210. The van der Waals surface area contributed by atoms with Gasteiger partial charge in [-0.25, -0.2) is 0 Å². The second kappa shape index (κ2) is 6.89. The summed E-state index contributed by atoms with van der Waals surface area (Å²) < 4.78 is 5.48. The minimum atomic E-state index is 0. The van der Waals surface area contributed by atoms with Gasteiger partial charge in [-0.1, -0.05) is 0 Å². The molecule has 0 spiro atoms. The number of unbranched alkanes of at least 4 members (excludes halogenated alkanes) is 1. The van der Waals surface area contributed by atoms with Crippen molar-refractivity contribution in [2.75, 3.05) is 13.2 Å². The Labute approximate surface area is 75.9 Å². The summed E-state index contributed by atoms with van der Waals surface area (Å²) in [5.41, 5.74) is 5.33. The van der Waals surface area contributed by atoms with Crippen LogP contribution in [-0.4, -0.2) is 18.8 Å². The largest absolute Gasteiger partial charge is 0.376 e. The van der Waals surface area contributed by atoms with Crippen molar-refractivity contribution < 1.29 is 4.74 Å². The fraction of sp³-hybridized carbons (Fsp3) is 1.00. The molecule has 0 aliphatic carbocycles. The van der Waals surface area contributed by atoms with Crippen molar-refractivity contribution in [3.63, 3.8) is 0 Å². The van der Waals surface area contributed by atoms with Gasteiger partial charge in [0.25, 0.3) is 0 Å². The smallest absolute Gasteiger partial charge is 0.0598 e. The van der Waals surface area contributed by atoms with Gasteiger partial charge in [-0.3, -0.25) is 0 Å². The maximum atomic E-state index is 5.48. The molecule has 0 saturated heterocycles. The van der Waals surface area contributed by atoms with Gasteiger partial charge in [0, 0.05) is 6.61 Å². The van der Waals surface area contributed by atoms with Gasteiger partial charge in [0.1, 0.15) is 0 Å². The van der Waals surface area contributed by atoms with E-state index in [4.69, 9.17) is 10.5 Å². The van der Waals surface area contributed by atoms with Gasteiger partial charge in [-0.05, 0) is 40.2 Å². The molecule has 70 valence electrons. The van der Waals surface area contributed by atoms with Crippen molar-refractivity contribution >= 4 is 12.4 Å². The predicted molar refractivity (Wildman–Crippen MR) is 51.2 cm³/mol. The molecule has 0 fully saturated rings. The van der Waals surface area contributed by atoms with Gasteiger partial charge in [0.2, 0.25) is 0 Å². The number of nitrogens with two attached hydrogens (primary N) is 1. The van der Waals surface area contributed by atoms with Crippen molar-refractivity contribution in [3.8, 4) is 0 Å². The van der Waals surface area contributed by atoms with E-state index < -0.39 is 0 Å². The normalized spacial score (nSPS) is 10.9. The predicted octanol–water partition coefficient (Wildman–Crippen LogP) is 1.96. The van der Waals surface area contributed by atoms with E-state index in [0.29, 0.717) is 0 Å². The third kappa shape index (κ3) is 13.2. The second-order valence-electron chi connectivity index (χ2n) is 3.46. The molecule has 2 N–H and O–H groups in total. The van der Waals surface area contributed by atoms with E-state index in [9.17, 15) is 0 Å². The maximum Gasteiger partial charge on any atom is 0.0598 e. The van der Waals surface area contributed by atoms with Crippen LogP contribution in [0.1, 0.15) is 33.6 Å². The molecule has 2 nitrogen and oxygen atoms in total. The zero-order chi connectivity index (χ0) is 8.04. The van der Waals surface area contributed by atoms with Crippen LogP contribution in [0.15, 0.2) is 0 Å². The van der Waals surface area contributed by atoms with Gasteiger partial charge >= 0.3 is 0 Å². The number of hydrogen-bond donors (Lipinski definition) is 1. The van der Waals surface area contributed by atoms with Crippen LogP contribution in [0.5, 0.6) is 0 Å². The Morgan fingerprint density at radius 3 is 2.09 bits per heavy atom. The lowest BCUT2D eigenvalue weighted by Crippen LogP contribution is -2.20. The molecule has 0 aliphatic heterocycles. The Kier molecular flexibility index (Phi) is 8.63. The summed E-state index contributed by atoms with van der Waals surface area (Å²) in [6.07, 6.45) is 2.14. The van der Waals surface area contributed by atoms with Crippen LogP contribution in [0.4, 0.5) is 0 Å². The van der Waals surface area contributed by atoms with Crippen LogP contribution in [0.2, 0.25) is 0 Å². The Bertz CT molecular complexity index is 80.7. The topological polar surface area (TPSA) is 35.2 Å². The summed E-state index contributed by atoms with van der Waals surface area (Å²) in [6.45, 7) is 7.80. The first kappa shape index (κ1) is 13.8. The fourth-order valence-electron chi connectivity index (χ4n) is 0.625. The van der Waals surface area contributed by atoms with Crippen LogP contribution in [0.25, 0.3) is 0 Å². The highest BCUT2D eigenvalue weighted by atomic mass is 35.5. The van der Waals surface area contributed by atoms with Crippen molar-refractivity contribution in [1.82, 2.24) is 0 Å². The summed E-state index contributed by atoms with van der Waals surface area (Å²) in [7, 11) is 0. The van der Waals surface area contributed by atoms with Gasteiger partial charge < -0.3 is 10.5 Å². The molecule has 11 heavy (non-hydrogen) atoms. The molecule has 0 aromatic carbocycles. The molecule has 0 bridgehead atoms. The highest BCUT2D eigenvalue weighted by Gasteiger charge is 2.08. The Morgan fingerprint density at radius 1 is 1.18 bits per heavy atom. The highest BCUT2D eigenvalue weighted by molar-refractivity contribution is 5.85. The monoisotopic (exact) mass is 181 g/mol. The molecule has 0 aliphatic rings. The Morgan fingerprint density at radius 2 is 1.73 bits per heavy atom. The number of rotatable bonds is 4. The quantitative estimate of drug-likeness (QED) is 0.674. The first-order chi connectivity index (χ1) is 4.56. The minimum absolute atomic E-state index is 0. The Balaban J connectivity index is 0. The van der Waals surface area contributed by atoms with Crippen molar-refractivity contribution in [1.29, 1.82) is 0 Å². The maximum absolute atomic E-state index is 5.48. The van der Waals surface area contributed by atoms with E-state index in [-0.39, 0.29) is 18.0 Å². The molecule has 0 amide bonds. The zero-order valence-electron chi connectivity index (χ0n) is 7.72. The SMILES string of the molecule is CC(C)(C)OCCCCN.Cl. The van der Waals surface area contributed by atoms with Crippen LogP contribution >= 0.6 is 12.4 Å². The molecule has 0 unspecified atom stereocenters. The number of ether oxygens (including phenoxy) is 1. The first-order valence-electron chi connectivity index (χ1n) is 3.90. The molecular formula is C8H20ClNO. The van der Waals surface area contributed by atoms with Gasteiger partial charge in [0.05, 0.1) is 5.60 Å². The lowest BCUT2D eigenvalue weighted by molar-refractivity contribution is -0.00435. The summed E-state index contributed by atoms with van der Waals surface area (Å²) in [5.74, 6) is 0. The third-order valence-electron chi connectivity index (χ3n) is 1.13. The van der Waals surface area contributed by atoms with Crippen molar-refractivity contribution in [2.24, 2.45) is 5.73 Å². The van der Waals surface area contributed by atoms with Crippen LogP contribution in [-0.2, 0) is 4.74 Å². The molecule has 3 heteroatoms. The van der Waals surface area contributed by atoms with Gasteiger partial charge in [-0.2, -0.15) is 0 Å². The van der Waals surface area contributed by atoms with E-state index in [1.165, 1.54) is 0 Å². The van der Waals surface area contributed by atoms with Crippen LogP contribution < -0.4 is 5.73 Å². The summed E-state index contributed by atoms with van der Waals surface area (Å²) in [4.78, 5) is 0. The zero-order valence-corrected chi connectivity index (χ0v) is 8.54. The molecule has 0 aromatic heterocycles. The lowest BCUT2D eigenvalue weighted by Gasteiger charge is -2.19. The lowest BCUT2D eigenvalue weighted by atomic mass is 10.2. The molecule has 0 aromatic rings. The summed E-state index contributed by atoms with van der Waals surface area (Å²) in [6, 6.07) is 0. The molecule has 0 radical (unpaired) electrons. The third-order valence-corrected chi connectivity index (χ3v) is 1.13. The van der Waals surface area contributed by atoms with Crippen LogP contribution in [0.3, 0.4) is 0 Å². The average Bonchev–Trinajstić information content (AvgIpc) is 1.78. The summed E-state index contributed by atoms with van der Waals surface area (Å²) in [5, 5.41) is 0. The fourth-order valence-corrected chi connectivity index (χ4v) is 0.625. The van der Waals surface area contributed by atoms with Crippen LogP contribution in [0, 0.1) is 0 Å². The van der Waals surface area contributed by atoms with E-state index >= 15 is 0 Å². The molecule has 0 atom stereocenters. The summed E-state index contributed by atoms with van der Waals surface area (Å²) >= 11 is 0. The molecular weight excluding hydrogens is 162 g/mol. The van der Waals surface area contributed by atoms with Crippen molar-refractivity contribution in [3.05, 3.63) is 0 Å². The van der Waals surface area contributed by atoms with E-state index in [0.717, 1.165) is 26.0 Å². The second-order valence-corrected chi connectivity index (χ2v) is 3.46. The highest BCUT2D eigenvalue weighted by Crippen LogP contribution is 2.06. The van der Waals surface area contributed by atoms with Crippen molar-refractivity contribution in [2.45, 2.75) is 39.2 Å². The van der Waals surface area contributed by atoms with Gasteiger partial charge in [0.15, 0.2) is 0 Å². The van der Waals surface area contributed by atoms with E-state index in [1.54, 1.807) is 0 Å². The standard InChI is InChI=1S/C8H19NO.ClH/c1-8(2,3)10-7-5-4-6-9;/h4-7,9H2,1-3H3;1H. The first-order valence-corrected chi connectivity index (χ1v) is 3.90. The molecule has 0 heterocycles. The molecule has 0 rings (SSSR count). The van der Waals surface area contributed by atoms with Gasteiger partial charge in [-0.15, -0.1) is 12.4 Å². The molecule has 0 saturated carbocycles.